The van der Waals surface area contributed by atoms with Crippen LogP contribution >= 0.6 is 12.4 Å². The zero-order chi connectivity index (χ0) is 17.8. The van der Waals surface area contributed by atoms with Crippen LogP contribution in [0.1, 0.15) is 29.4 Å². The number of rotatable bonds is 5. The highest BCUT2D eigenvalue weighted by Crippen LogP contribution is 2.22. The number of halogens is 1. The molecule has 3 rings (SSSR count). The molecule has 6 nitrogen and oxygen atoms in total. The summed E-state index contributed by atoms with van der Waals surface area (Å²) < 4.78 is 7.74. The molecule has 1 unspecified atom stereocenters. The number of ether oxygens (including phenoxy) is 1. The Morgan fingerprint density at radius 1 is 1.35 bits per heavy atom. The molecular formula is C19H27ClN4O2. The van der Waals surface area contributed by atoms with Gasteiger partial charge in [-0.2, -0.15) is 0 Å². The molecule has 1 aromatic heterocycles. The fourth-order valence-corrected chi connectivity index (χ4v) is 3.14. The van der Waals surface area contributed by atoms with Crippen LogP contribution < -0.4 is 10.1 Å². The van der Waals surface area contributed by atoms with Crippen molar-refractivity contribution in [3.8, 4) is 5.75 Å². The van der Waals surface area contributed by atoms with Gasteiger partial charge in [-0.05, 0) is 37.1 Å². The molecule has 0 radical (unpaired) electrons. The third kappa shape index (κ3) is 4.56. The van der Waals surface area contributed by atoms with Crippen molar-refractivity contribution in [2.75, 3.05) is 26.2 Å². The maximum atomic E-state index is 12.7. The molecule has 1 fully saturated rings. The molecule has 2 aromatic rings. The van der Waals surface area contributed by atoms with Crippen LogP contribution in [0.3, 0.4) is 0 Å². The molecule has 1 saturated heterocycles. The monoisotopic (exact) mass is 378 g/mol. The molecule has 0 aliphatic carbocycles. The number of amides is 1. The zero-order valence-corrected chi connectivity index (χ0v) is 16.4. The van der Waals surface area contributed by atoms with E-state index in [9.17, 15) is 4.79 Å². The van der Waals surface area contributed by atoms with Gasteiger partial charge in [-0.3, -0.25) is 4.79 Å². The minimum Gasteiger partial charge on any atom is -0.493 e. The summed E-state index contributed by atoms with van der Waals surface area (Å²) in [6.07, 6.45) is 4.05. The van der Waals surface area contributed by atoms with Gasteiger partial charge in [0, 0.05) is 39.1 Å². The number of piperazine rings is 1. The molecule has 1 aliphatic rings. The van der Waals surface area contributed by atoms with E-state index in [1.165, 1.54) is 11.1 Å². The van der Waals surface area contributed by atoms with Gasteiger partial charge in [0.25, 0.3) is 0 Å². The number of nitrogens with zero attached hydrogens (tertiary/aromatic N) is 3. The highest BCUT2D eigenvalue weighted by molar-refractivity contribution is 5.85. The normalized spacial score (nSPS) is 16.9. The second-order valence-corrected chi connectivity index (χ2v) is 6.55. The van der Waals surface area contributed by atoms with E-state index in [-0.39, 0.29) is 24.4 Å². The van der Waals surface area contributed by atoms with Crippen molar-refractivity contribution in [2.45, 2.75) is 26.3 Å². The van der Waals surface area contributed by atoms with E-state index in [1.807, 2.05) is 40.9 Å². The van der Waals surface area contributed by atoms with Crippen LogP contribution in [-0.2, 0) is 11.8 Å². The van der Waals surface area contributed by atoms with Gasteiger partial charge in [-0.1, -0.05) is 6.07 Å². The van der Waals surface area contributed by atoms with Gasteiger partial charge in [0.2, 0.25) is 5.91 Å². The van der Waals surface area contributed by atoms with E-state index in [1.54, 1.807) is 6.20 Å². The van der Waals surface area contributed by atoms with Crippen molar-refractivity contribution < 1.29 is 9.53 Å². The van der Waals surface area contributed by atoms with Crippen LogP contribution in [0.2, 0.25) is 0 Å². The zero-order valence-electron chi connectivity index (χ0n) is 15.6. The molecule has 1 amide bonds. The van der Waals surface area contributed by atoms with Gasteiger partial charge in [-0.25, -0.2) is 4.98 Å². The number of carbonyl (C=O) groups excluding carboxylic acids is 1. The van der Waals surface area contributed by atoms with Crippen LogP contribution in [0, 0.1) is 13.8 Å². The molecule has 26 heavy (non-hydrogen) atoms. The summed E-state index contributed by atoms with van der Waals surface area (Å²) in [7, 11) is 1.96. The third-order valence-electron chi connectivity index (χ3n) is 4.78. The second kappa shape index (κ2) is 9.05. The molecule has 1 N–H and O–H groups in total. The van der Waals surface area contributed by atoms with Crippen molar-refractivity contribution in [3.05, 3.63) is 47.5 Å². The highest BCUT2D eigenvalue weighted by atomic mass is 35.5. The number of carbonyl (C=O) groups is 1. The average molecular weight is 379 g/mol. The number of nitrogens with one attached hydrogen (secondary N) is 1. The molecule has 0 spiro atoms. The average Bonchev–Trinajstić information content (AvgIpc) is 3.04. The Morgan fingerprint density at radius 3 is 2.85 bits per heavy atom. The summed E-state index contributed by atoms with van der Waals surface area (Å²) in [6.45, 7) is 6.76. The lowest BCUT2D eigenvalue weighted by Crippen LogP contribution is -2.49. The van der Waals surface area contributed by atoms with Gasteiger partial charge < -0.3 is 19.5 Å². The van der Waals surface area contributed by atoms with Gasteiger partial charge in [-0.15, -0.1) is 12.4 Å². The largest absolute Gasteiger partial charge is 0.493 e. The van der Waals surface area contributed by atoms with Crippen LogP contribution in [0.15, 0.2) is 30.6 Å². The number of imidazole rings is 1. The molecule has 1 aliphatic heterocycles. The van der Waals surface area contributed by atoms with Crippen molar-refractivity contribution in [3.63, 3.8) is 0 Å². The summed E-state index contributed by atoms with van der Waals surface area (Å²) in [5, 5.41) is 3.35. The smallest absolute Gasteiger partial charge is 0.226 e. The van der Waals surface area contributed by atoms with E-state index >= 15 is 0 Å². The Balaban J connectivity index is 0.00000243. The maximum Gasteiger partial charge on any atom is 0.226 e. The predicted molar refractivity (Wildman–Crippen MR) is 104 cm³/mol. The fraction of sp³-hybridized carbons (Fsp3) is 0.474. The Kier molecular flexibility index (Phi) is 7.06. The van der Waals surface area contributed by atoms with Crippen LogP contribution in [0.4, 0.5) is 0 Å². The standard InChI is InChI=1S/C19H26N4O2.ClH/c1-14-4-5-16(12-15(14)2)25-11-6-18(24)23-10-7-20-13-17(23)19-21-8-9-22(19)3;/h4-5,8-9,12,17,20H,6-7,10-11,13H2,1-3H3;1H. The Bertz CT molecular complexity index is 747. The van der Waals surface area contributed by atoms with E-state index in [2.05, 4.69) is 24.1 Å². The van der Waals surface area contributed by atoms with Crippen molar-refractivity contribution in [1.82, 2.24) is 19.8 Å². The number of hydrogen-bond donors (Lipinski definition) is 1. The first-order valence-electron chi connectivity index (χ1n) is 8.73. The Hall–Kier alpha value is -2.05. The van der Waals surface area contributed by atoms with Gasteiger partial charge in [0.15, 0.2) is 0 Å². The predicted octanol–water partition coefficient (Wildman–Crippen LogP) is 2.40. The van der Waals surface area contributed by atoms with Gasteiger partial charge in [0.05, 0.1) is 13.0 Å². The first kappa shape index (κ1) is 20.3. The van der Waals surface area contributed by atoms with Gasteiger partial charge >= 0.3 is 0 Å². The van der Waals surface area contributed by atoms with Crippen molar-refractivity contribution in [1.29, 1.82) is 0 Å². The number of aryl methyl sites for hydroxylation is 3. The minimum atomic E-state index is -0.0251. The van der Waals surface area contributed by atoms with E-state index < -0.39 is 0 Å². The second-order valence-electron chi connectivity index (χ2n) is 6.55. The number of aromatic nitrogens is 2. The number of benzene rings is 1. The molecule has 1 atom stereocenters. The minimum absolute atomic E-state index is 0. The van der Waals surface area contributed by atoms with E-state index in [4.69, 9.17) is 4.74 Å². The van der Waals surface area contributed by atoms with Crippen molar-refractivity contribution >= 4 is 18.3 Å². The fourth-order valence-electron chi connectivity index (χ4n) is 3.14. The molecule has 142 valence electrons. The van der Waals surface area contributed by atoms with E-state index in [0.29, 0.717) is 19.6 Å². The first-order valence-corrected chi connectivity index (χ1v) is 8.73. The highest BCUT2D eigenvalue weighted by Gasteiger charge is 2.30. The topological polar surface area (TPSA) is 59.4 Å². The molecule has 7 heteroatoms. The third-order valence-corrected chi connectivity index (χ3v) is 4.78. The summed E-state index contributed by atoms with van der Waals surface area (Å²) in [4.78, 5) is 19.0. The first-order chi connectivity index (χ1) is 12.1. The van der Waals surface area contributed by atoms with Crippen LogP contribution in [0.25, 0.3) is 0 Å². The summed E-state index contributed by atoms with van der Waals surface area (Å²) in [6, 6.07) is 5.98. The maximum absolute atomic E-state index is 12.7. The molecule has 0 bridgehead atoms. The summed E-state index contributed by atoms with van der Waals surface area (Å²) in [5.41, 5.74) is 2.43. The lowest BCUT2D eigenvalue weighted by molar-refractivity contribution is -0.135. The molecule has 1 aromatic carbocycles. The Morgan fingerprint density at radius 2 is 2.15 bits per heavy atom. The summed E-state index contributed by atoms with van der Waals surface area (Å²) >= 11 is 0. The van der Waals surface area contributed by atoms with Crippen molar-refractivity contribution in [2.24, 2.45) is 7.05 Å². The van der Waals surface area contributed by atoms with E-state index in [0.717, 1.165) is 24.7 Å². The SMILES string of the molecule is Cc1ccc(OCCC(=O)N2CCNCC2c2nccn2C)cc1C.Cl. The molecular weight excluding hydrogens is 352 g/mol. The van der Waals surface area contributed by atoms with Gasteiger partial charge in [0.1, 0.15) is 17.6 Å². The lowest BCUT2D eigenvalue weighted by Gasteiger charge is -2.35. The molecule has 2 heterocycles. The Labute approximate surface area is 161 Å². The van der Waals surface area contributed by atoms with Crippen LogP contribution in [-0.4, -0.2) is 46.6 Å². The van der Waals surface area contributed by atoms with Crippen LogP contribution in [0.5, 0.6) is 5.75 Å². The quantitative estimate of drug-likeness (QED) is 0.867. The molecule has 0 saturated carbocycles. The number of hydrogen-bond acceptors (Lipinski definition) is 4. The summed E-state index contributed by atoms with van der Waals surface area (Å²) in [5.74, 6) is 1.84. The lowest BCUT2D eigenvalue weighted by atomic mass is 10.1.